The molecule has 10 nitrogen and oxygen atoms in total. The molecule has 4 heterocycles. The first-order chi connectivity index (χ1) is 18.1. The summed E-state index contributed by atoms with van der Waals surface area (Å²) in [6.45, 7) is 7.89. The lowest BCUT2D eigenvalue weighted by Gasteiger charge is -2.31. The maximum Gasteiger partial charge on any atom is 0.277 e. The predicted molar refractivity (Wildman–Crippen MR) is 150 cm³/mol. The number of likely N-dealkylation sites (tertiary alicyclic amines) is 1. The Morgan fingerprint density at radius 2 is 2.05 bits per heavy atom. The number of amides is 2. The van der Waals surface area contributed by atoms with E-state index in [2.05, 4.69) is 25.6 Å². The zero-order valence-corrected chi connectivity index (χ0v) is 23.1. The minimum Gasteiger partial charge on any atom is -0.391 e. The topological polar surface area (TPSA) is 126 Å². The summed E-state index contributed by atoms with van der Waals surface area (Å²) < 4.78 is 1.70. The highest BCUT2D eigenvalue weighted by Gasteiger charge is 2.48. The molecule has 0 spiro atoms. The molecule has 2 aliphatic rings. The van der Waals surface area contributed by atoms with Crippen molar-refractivity contribution < 1.29 is 14.7 Å². The summed E-state index contributed by atoms with van der Waals surface area (Å²) in [5, 5.41) is 22.3. The minimum absolute atomic E-state index is 0.0334. The van der Waals surface area contributed by atoms with Crippen molar-refractivity contribution in [3.8, 4) is 10.4 Å². The standard InChI is InChI=1S/C25H31B2N7O3S/c1-13(2)20(18-11-34(27-26)32-31-18)23(36)33-10-17(35)9-19(33)22-29-24(37)25(4,30-22)16-7-5-15(6-8-16)21-14(3)28-12-38-21/h5-8,11-13,17,19-20,27,35H,9-10,26H2,1-4H3,(H,29,30,37). The van der Waals surface area contributed by atoms with Crippen LogP contribution in [0.2, 0.25) is 0 Å². The van der Waals surface area contributed by atoms with Crippen molar-refractivity contribution in [1.82, 2.24) is 30.1 Å². The van der Waals surface area contributed by atoms with Crippen LogP contribution in [0.25, 0.3) is 10.4 Å². The van der Waals surface area contributed by atoms with Crippen molar-refractivity contribution in [2.24, 2.45) is 10.9 Å². The Bertz CT molecular complexity index is 1390. The lowest BCUT2D eigenvalue weighted by atomic mass is 9.67. The molecule has 2 amide bonds. The van der Waals surface area contributed by atoms with Crippen LogP contribution in [0.4, 0.5) is 0 Å². The van der Waals surface area contributed by atoms with Gasteiger partial charge >= 0.3 is 0 Å². The van der Waals surface area contributed by atoms with Crippen molar-refractivity contribution >= 4 is 44.0 Å². The number of hydrogen-bond acceptors (Lipinski definition) is 8. The number of nitrogens with one attached hydrogen (secondary N) is 1. The molecule has 0 saturated carbocycles. The van der Waals surface area contributed by atoms with Gasteiger partial charge in [0.2, 0.25) is 13.2 Å². The van der Waals surface area contributed by atoms with E-state index in [4.69, 9.17) is 0 Å². The number of aryl methyl sites for hydroxylation is 1. The number of amidine groups is 1. The number of aliphatic hydroxyl groups is 1. The van der Waals surface area contributed by atoms with E-state index in [1.807, 2.05) is 58.3 Å². The zero-order chi connectivity index (χ0) is 27.2. The number of β-amino-alcohol motifs (C(OH)–C–C–N with tert-alkyl or cyclic N) is 1. The summed E-state index contributed by atoms with van der Waals surface area (Å²) >= 11 is 1.58. The first-order valence-corrected chi connectivity index (χ1v) is 13.8. The third-order valence-electron chi connectivity index (χ3n) is 7.51. The van der Waals surface area contributed by atoms with Gasteiger partial charge in [0, 0.05) is 19.2 Å². The van der Waals surface area contributed by atoms with Crippen molar-refractivity contribution in [2.45, 2.75) is 57.7 Å². The Balaban J connectivity index is 1.39. The monoisotopic (exact) mass is 531 g/mol. The van der Waals surface area contributed by atoms with Gasteiger partial charge in [-0.05, 0) is 30.9 Å². The van der Waals surface area contributed by atoms with E-state index in [-0.39, 0.29) is 24.3 Å². The average molecular weight is 531 g/mol. The van der Waals surface area contributed by atoms with Crippen molar-refractivity contribution in [3.05, 3.63) is 52.9 Å². The van der Waals surface area contributed by atoms with Gasteiger partial charge in [0.15, 0.2) is 0 Å². The quantitative estimate of drug-likeness (QED) is 0.428. The number of hydrogen-bond donors (Lipinski definition) is 2. The Labute approximate surface area is 227 Å². The van der Waals surface area contributed by atoms with Crippen LogP contribution in [0.15, 0.2) is 41.0 Å². The van der Waals surface area contributed by atoms with E-state index in [0.29, 0.717) is 25.3 Å². The number of aliphatic hydroxyl groups excluding tert-OH is 1. The van der Waals surface area contributed by atoms with Crippen LogP contribution in [-0.2, 0) is 15.1 Å². The highest BCUT2D eigenvalue weighted by molar-refractivity contribution is 7.13. The second-order valence-electron chi connectivity index (χ2n) is 10.5. The Morgan fingerprint density at radius 1 is 1.32 bits per heavy atom. The fraction of sp³-hybridized carbons (Fsp3) is 0.440. The average Bonchev–Trinajstić information content (AvgIpc) is 3.67. The number of aliphatic imine (C=N–C) groups is 1. The number of thiazole rings is 1. The van der Waals surface area contributed by atoms with E-state index in [1.54, 1.807) is 34.0 Å². The first-order valence-electron chi connectivity index (χ1n) is 12.9. The number of carbonyl (C=O) groups is 2. The molecule has 1 saturated heterocycles. The lowest BCUT2D eigenvalue weighted by Crippen LogP contribution is -2.51. The van der Waals surface area contributed by atoms with Crippen molar-refractivity contribution in [2.75, 3.05) is 6.54 Å². The number of benzene rings is 1. The molecule has 38 heavy (non-hydrogen) atoms. The summed E-state index contributed by atoms with van der Waals surface area (Å²) in [4.78, 5) is 38.5. The van der Waals surface area contributed by atoms with Gasteiger partial charge in [-0.25, -0.2) is 4.98 Å². The van der Waals surface area contributed by atoms with E-state index in [1.165, 1.54) is 0 Å². The number of rotatable bonds is 7. The molecular weight excluding hydrogens is 500 g/mol. The molecule has 5 rings (SSSR count). The first kappa shape index (κ1) is 26.3. The maximum atomic E-state index is 13.9. The van der Waals surface area contributed by atoms with E-state index in [9.17, 15) is 14.7 Å². The van der Waals surface area contributed by atoms with Crippen molar-refractivity contribution in [3.63, 3.8) is 0 Å². The van der Waals surface area contributed by atoms with E-state index < -0.39 is 23.6 Å². The molecule has 196 valence electrons. The molecule has 2 aliphatic heterocycles. The number of aromatic nitrogens is 4. The molecule has 0 bridgehead atoms. The smallest absolute Gasteiger partial charge is 0.277 e. The fourth-order valence-electron chi connectivity index (χ4n) is 5.30. The van der Waals surface area contributed by atoms with Gasteiger partial charge in [0.25, 0.3) is 5.91 Å². The van der Waals surface area contributed by atoms with Gasteiger partial charge in [0.1, 0.15) is 11.4 Å². The largest absolute Gasteiger partial charge is 0.391 e. The summed E-state index contributed by atoms with van der Waals surface area (Å²) in [5.41, 5.74) is 4.14. The van der Waals surface area contributed by atoms with Gasteiger partial charge in [-0.3, -0.25) is 9.59 Å². The second kappa shape index (κ2) is 10.1. The molecule has 2 N–H and O–H groups in total. The van der Waals surface area contributed by atoms with E-state index in [0.717, 1.165) is 21.7 Å². The predicted octanol–water partition coefficient (Wildman–Crippen LogP) is 0.603. The van der Waals surface area contributed by atoms with Gasteiger partial charge in [-0.2, -0.15) is 4.99 Å². The summed E-state index contributed by atoms with van der Waals surface area (Å²) in [5.74, 6) is -0.623. The summed E-state index contributed by atoms with van der Waals surface area (Å²) in [6.07, 6.45) is 1.39. The highest BCUT2D eigenvalue weighted by atomic mass is 32.1. The van der Waals surface area contributed by atoms with Crippen LogP contribution in [0.5, 0.6) is 0 Å². The van der Waals surface area contributed by atoms with Gasteiger partial charge in [-0.15, -0.1) is 16.4 Å². The molecule has 4 unspecified atom stereocenters. The highest BCUT2D eigenvalue weighted by Crippen LogP contribution is 2.34. The molecule has 3 aromatic rings. The van der Waals surface area contributed by atoms with Crippen LogP contribution in [0.3, 0.4) is 0 Å². The van der Waals surface area contributed by atoms with Crippen molar-refractivity contribution in [1.29, 1.82) is 0 Å². The van der Waals surface area contributed by atoms with E-state index >= 15 is 0 Å². The van der Waals surface area contributed by atoms with Crippen LogP contribution >= 0.6 is 11.3 Å². The molecule has 13 heteroatoms. The maximum absolute atomic E-state index is 13.9. The Kier molecular flexibility index (Phi) is 6.99. The van der Waals surface area contributed by atoms with Gasteiger partial charge in [0.05, 0.1) is 47.6 Å². The fourth-order valence-corrected chi connectivity index (χ4v) is 6.12. The molecule has 4 atom stereocenters. The van der Waals surface area contributed by atoms with Crippen LogP contribution in [0.1, 0.15) is 50.1 Å². The lowest BCUT2D eigenvalue weighted by molar-refractivity contribution is -0.134. The van der Waals surface area contributed by atoms with Crippen LogP contribution in [-0.4, -0.2) is 81.3 Å². The molecule has 1 aromatic carbocycles. The molecule has 2 aromatic heterocycles. The summed E-state index contributed by atoms with van der Waals surface area (Å²) in [6, 6.07) is 7.29. The Hall–Kier alpha value is -3.31. The third kappa shape index (κ3) is 4.58. The van der Waals surface area contributed by atoms with Crippen LogP contribution in [0, 0.1) is 12.8 Å². The molecule has 0 aliphatic carbocycles. The van der Waals surface area contributed by atoms with Gasteiger partial charge < -0.3 is 19.9 Å². The molecule has 1 fully saturated rings. The summed E-state index contributed by atoms with van der Waals surface area (Å²) in [7, 11) is 2.62. The van der Waals surface area contributed by atoms with Crippen LogP contribution < -0.4 is 5.32 Å². The minimum atomic E-state index is -1.07. The zero-order valence-electron chi connectivity index (χ0n) is 22.3. The second-order valence-corrected chi connectivity index (χ2v) is 11.4. The Morgan fingerprint density at radius 3 is 2.66 bits per heavy atom. The molecular formula is C25H31B2N7O3S. The number of carbonyl (C=O) groups excluding carboxylic acids is 2. The third-order valence-corrected chi connectivity index (χ3v) is 8.48. The SMILES string of the molecule is BBn1cc(C(C(=O)N2CC(O)CC2C2=NC(=O)C(C)(c3ccc(-c4scnc4C)cc3)N2)C(C)C)nn1. The normalized spacial score (nSPS) is 24.0. The van der Waals surface area contributed by atoms with Gasteiger partial charge in [-0.1, -0.05) is 43.3 Å². The molecule has 0 radical (unpaired) electrons. The number of nitrogens with zero attached hydrogens (tertiary/aromatic N) is 6.